The largest absolute Gasteiger partial charge is 0.271 e. The number of halogens is 2. The predicted molar refractivity (Wildman–Crippen MR) is 104 cm³/mol. The molecule has 2 aliphatic rings. The highest BCUT2D eigenvalue weighted by Crippen LogP contribution is 2.41. The minimum atomic E-state index is -0.734. The Morgan fingerprint density at radius 2 is 1.70 bits per heavy atom. The Morgan fingerprint density at radius 3 is 2.37 bits per heavy atom. The summed E-state index contributed by atoms with van der Waals surface area (Å²) < 4.78 is 27.0. The molecule has 6 heteroatoms. The zero-order valence-electron chi connectivity index (χ0n) is 14.6. The minimum Gasteiger partial charge on any atom is -0.271 e. The van der Waals surface area contributed by atoms with Crippen molar-refractivity contribution < 1.29 is 13.6 Å². The molecule has 2 aromatic rings. The third-order valence-corrected chi connectivity index (χ3v) is 5.56. The summed E-state index contributed by atoms with van der Waals surface area (Å²) in [6.07, 6.45) is 4.38. The van der Waals surface area contributed by atoms with E-state index < -0.39 is 11.5 Å². The van der Waals surface area contributed by atoms with Gasteiger partial charge in [-0.05, 0) is 68.1 Å². The van der Waals surface area contributed by atoms with Crippen LogP contribution in [-0.2, 0) is 0 Å². The monoisotopic (exact) mass is 384 g/mol. The van der Waals surface area contributed by atoms with Crippen molar-refractivity contribution in [3.8, 4) is 0 Å². The zero-order valence-corrected chi connectivity index (χ0v) is 15.4. The number of benzene rings is 2. The maximum Gasteiger partial charge on any atom is 0.261 e. The number of carbonyl (C=O) groups excluding carboxylic acids is 1. The number of hydrogen-bond acceptors (Lipinski definition) is 3. The van der Waals surface area contributed by atoms with Crippen molar-refractivity contribution in [2.45, 2.75) is 37.8 Å². The lowest BCUT2D eigenvalue weighted by atomic mass is 9.88. The Bertz CT molecular complexity index is 933. The number of carbonyl (C=O) groups is 1. The van der Waals surface area contributed by atoms with Crippen LogP contribution < -0.4 is 0 Å². The maximum absolute atomic E-state index is 13.7. The predicted octanol–water partition coefficient (Wildman–Crippen LogP) is 4.90. The number of nitrogens with zero attached hydrogens (tertiary/aromatic N) is 2. The van der Waals surface area contributed by atoms with Crippen LogP contribution in [0, 0.1) is 11.6 Å². The molecular weight excluding hydrogens is 366 g/mol. The normalized spacial score (nSPS) is 18.7. The molecule has 138 valence electrons. The van der Waals surface area contributed by atoms with Crippen LogP contribution in [0.1, 0.15) is 48.0 Å². The molecule has 0 N–H and O–H groups in total. The first-order valence-electron chi connectivity index (χ1n) is 9.00. The van der Waals surface area contributed by atoms with Crippen molar-refractivity contribution >= 4 is 28.8 Å². The zero-order chi connectivity index (χ0) is 19.0. The van der Waals surface area contributed by atoms with Crippen LogP contribution in [0.5, 0.6) is 0 Å². The molecule has 0 unspecified atom stereocenters. The summed E-state index contributed by atoms with van der Waals surface area (Å²) in [5, 5.41) is 0. The van der Waals surface area contributed by atoms with Gasteiger partial charge in [0.1, 0.15) is 28.0 Å². The van der Waals surface area contributed by atoms with E-state index in [0.717, 1.165) is 19.3 Å². The van der Waals surface area contributed by atoms with Gasteiger partial charge in [0.2, 0.25) is 0 Å². The second-order valence-electron chi connectivity index (χ2n) is 6.97. The summed E-state index contributed by atoms with van der Waals surface area (Å²) >= 11 is 5.63. The lowest BCUT2D eigenvalue weighted by Gasteiger charge is -2.38. The molecule has 1 amide bonds. The lowest BCUT2D eigenvalue weighted by Crippen LogP contribution is -2.50. The van der Waals surface area contributed by atoms with E-state index in [2.05, 4.69) is 0 Å². The Kier molecular flexibility index (Phi) is 4.60. The number of aliphatic imine (C=N–C) groups is 1. The summed E-state index contributed by atoms with van der Waals surface area (Å²) in [6.45, 7) is 0. The van der Waals surface area contributed by atoms with Gasteiger partial charge >= 0.3 is 0 Å². The third-order valence-electron chi connectivity index (χ3n) is 5.19. The van der Waals surface area contributed by atoms with E-state index in [1.54, 1.807) is 23.1 Å². The fourth-order valence-corrected chi connectivity index (χ4v) is 4.30. The Hall–Kier alpha value is -2.47. The number of thiocarbonyl (C=S) groups is 1. The molecule has 1 aliphatic heterocycles. The molecule has 1 fully saturated rings. The average molecular weight is 384 g/mol. The molecule has 2 aromatic carbocycles. The first-order chi connectivity index (χ1) is 13.0. The van der Waals surface area contributed by atoms with Crippen LogP contribution >= 0.6 is 12.2 Å². The van der Waals surface area contributed by atoms with Gasteiger partial charge in [0.25, 0.3) is 5.91 Å². The molecule has 1 aliphatic carbocycles. The molecule has 1 heterocycles. The third kappa shape index (κ3) is 3.18. The van der Waals surface area contributed by atoms with Crippen molar-refractivity contribution in [1.82, 2.24) is 4.90 Å². The topological polar surface area (TPSA) is 32.7 Å². The number of amides is 1. The van der Waals surface area contributed by atoms with Crippen molar-refractivity contribution in [1.29, 1.82) is 0 Å². The first-order valence-corrected chi connectivity index (χ1v) is 9.41. The maximum atomic E-state index is 13.7. The van der Waals surface area contributed by atoms with E-state index in [1.807, 2.05) is 0 Å². The summed E-state index contributed by atoms with van der Waals surface area (Å²) in [6, 6.07) is 11.6. The molecule has 0 atom stereocenters. The Labute approximate surface area is 161 Å². The molecule has 1 saturated carbocycles. The van der Waals surface area contributed by atoms with Crippen molar-refractivity contribution in [3.05, 3.63) is 71.3 Å². The highest BCUT2D eigenvalue weighted by Gasteiger charge is 2.48. The number of rotatable bonds is 2. The van der Waals surface area contributed by atoms with Crippen molar-refractivity contribution in [2.24, 2.45) is 4.99 Å². The van der Waals surface area contributed by atoms with Crippen LogP contribution in [0.3, 0.4) is 0 Å². The van der Waals surface area contributed by atoms with Gasteiger partial charge < -0.3 is 0 Å². The SMILES string of the molecule is O=C(c1cccc(F)c1)N1C(=S)C(c2ccc(F)cc2)=NC12CCCCC2. The first kappa shape index (κ1) is 17.9. The quantitative estimate of drug-likeness (QED) is 0.690. The van der Waals surface area contributed by atoms with Crippen molar-refractivity contribution in [3.63, 3.8) is 0 Å². The Morgan fingerprint density at radius 1 is 1.00 bits per heavy atom. The second kappa shape index (κ2) is 6.93. The molecule has 0 saturated heterocycles. The fourth-order valence-electron chi connectivity index (χ4n) is 3.88. The van der Waals surface area contributed by atoms with Gasteiger partial charge in [0.15, 0.2) is 0 Å². The van der Waals surface area contributed by atoms with Gasteiger partial charge in [-0.2, -0.15) is 0 Å². The van der Waals surface area contributed by atoms with E-state index in [0.29, 0.717) is 29.1 Å². The van der Waals surface area contributed by atoms with E-state index >= 15 is 0 Å². The average Bonchev–Trinajstić information content (AvgIpc) is 2.94. The van der Waals surface area contributed by atoms with Crippen LogP contribution in [0.25, 0.3) is 0 Å². The smallest absolute Gasteiger partial charge is 0.261 e. The van der Waals surface area contributed by atoms with E-state index in [1.165, 1.54) is 30.3 Å². The van der Waals surface area contributed by atoms with Crippen LogP contribution in [-0.4, -0.2) is 27.2 Å². The van der Waals surface area contributed by atoms with Gasteiger partial charge in [-0.1, -0.05) is 24.7 Å². The van der Waals surface area contributed by atoms with Crippen LogP contribution in [0.4, 0.5) is 8.78 Å². The molecule has 0 radical (unpaired) electrons. The molecule has 0 aromatic heterocycles. The number of hydrogen-bond donors (Lipinski definition) is 0. The summed E-state index contributed by atoms with van der Waals surface area (Å²) in [5.74, 6) is -1.16. The van der Waals surface area contributed by atoms with Gasteiger partial charge in [0, 0.05) is 11.1 Å². The van der Waals surface area contributed by atoms with Gasteiger partial charge in [-0.3, -0.25) is 14.7 Å². The highest BCUT2D eigenvalue weighted by atomic mass is 32.1. The summed E-state index contributed by atoms with van der Waals surface area (Å²) in [5.41, 5.74) is 0.720. The van der Waals surface area contributed by atoms with Crippen molar-refractivity contribution in [2.75, 3.05) is 0 Å². The minimum absolute atomic E-state index is 0.248. The van der Waals surface area contributed by atoms with E-state index in [9.17, 15) is 13.6 Å². The highest BCUT2D eigenvalue weighted by molar-refractivity contribution is 7.82. The molecule has 4 rings (SSSR count). The Balaban J connectivity index is 1.77. The lowest BCUT2D eigenvalue weighted by molar-refractivity contribution is 0.0648. The standard InChI is InChI=1S/C21H18F2N2OS/c22-16-9-7-14(8-10-16)18-20(27)25(21(24-18)11-2-1-3-12-21)19(26)15-5-4-6-17(23)13-15/h4-10,13H,1-3,11-12H2. The molecule has 0 bridgehead atoms. The van der Waals surface area contributed by atoms with E-state index in [4.69, 9.17) is 17.2 Å². The van der Waals surface area contributed by atoms with Gasteiger partial charge in [-0.15, -0.1) is 0 Å². The molecular formula is C21H18F2N2OS. The van der Waals surface area contributed by atoms with Crippen LogP contribution in [0.15, 0.2) is 53.5 Å². The summed E-state index contributed by atoms with van der Waals surface area (Å²) in [4.78, 5) is 20.0. The van der Waals surface area contributed by atoms with Gasteiger partial charge in [-0.25, -0.2) is 8.78 Å². The van der Waals surface area contributed by atoms with Crippen LogP contribution in [0.2, 0.25) is 0 Å². The van der Waals surface area contributed by atoms with E-state index in [-0.39, 0.29) is 17.3 Å². The molecule has 27 heavy (non-hydrogen) atoms. The summed E-state index contributed by atoms with van der Waals surface area (Å²) in [7, 11) is 0. The molecule has 3 nitrogen and oxygen atoms in total. The molecule has 1 spiro atoms. The fraction of sp³-hybridized carbons (Fsp3) is 0.286. The van der Waals surface area contributed by atoms with Gasteiger partial charge in [0.05, 0.1) is 0 Å². The second-order valence-corrected chi connectivity index (χ2v) is 7.35.